The number of amides is 3. The molecule has 0 aliphatic rings. The smallest absolute Gasteiger partial charge is 0.326 e. The highest BCUT2D eigenvalue weighted by molar-refractivity contribution is 7.80. The number of carboxylic acids is 1. The summed E-state index contributed by atoms with van der Waals surface area (Å²) < 4.78 is 0. The van der Waals surface area contributed by atoms with Gasteiger partial charge in [0, 0.05) is 5.75 Å². The minimum atomic E-state index is -1.31. The molecule has 0 saturated carbocycles. The number of unbranched alkanes of at least 4 members (excludes halogenated alkanes) is 1. The lowest BCUT2D eigenvalue weighted by Crippen LogP contribution is -2.55. The van der Waals surface area contributed by atoms with Crippen molar-refractivity contribution in [2.24, 2.45) is 17.2 Å². The molecular formula is C13H25N5O5S. The van der Waals surface area contributed by atoms with Crippen molar-refractivity contribution in [3.8, 4) is 0 Å². The van der Waals surface area contributed by atoms with Crippen LogP contribution in [0.5, 0.6) is 0 Å². The van der Waals surface area contributed by atoms with Gasteiger partial charge in [0.15, 0.2) is 0 Å². The number of nitrogens with one attached hydrogen (secondary N) is 2. The average Bonchev–Trinajstić information content (AvgIpc) is 2.51. The van der Waals surface area contributed by atoms with Gasteiger partial charge in [-0.05, 0) is 25.8 Å². The Bertz CT molecular complexity index is 462. The minimum Gasteiger partial charge on any atom is -0.480 e. The molecule has 0 spiro atoms. The normalized spacial score (nSPS) is 14.3. The first kappa shape index (κ1) is 22.1. The Morgan fingerprint density at radius 1 is 1.04 bits per heavy atom. The molecule has 0 radical (unpaired) electrons. The van der Waals surface area contributed by atoms with Gasteiger partial charge in [0.1, 0.15) is 12.1 Å². The number of hydrogen-bond donors (Lipinski definition) is 7. The van der Waals surface area contributed by atoms with Crippen LogP contribution >= 0.6 is 12.6 Å². The van der Waals surface area contributed by atoms with Gasteiger partial charge >= 0.3 is 5.97 Å². The van der Waals surface area contributed by atoms with Gasteiger partial charge in [-0.15, -0.1) is 0 Å². The Hall–Kier alpha value is -1.85. The van der Waals surface area contributed by atoms with Crippen molar-refractivity contribution in [3.05, 3.63) is 0 Å². The van der Waals surface area contributed by atoms with Gasteiger partial charge in [0.25, 0.3) is 0 Å². The van der Waals surface area contributed by atoms with E-state index in [1.807, 2.05) is 0 Å². The third-order valence-corrected chi connectivity index (χ3v) is 3.53. The molecule has 0 aromatic heterocycles. The summed E-state index contributed by atoms with van der Waals surface area (Å²) in [6, 6.07) is -3.44. The van der Waals surface area contributed by atoms with E-state index in [1.165, 1.54) is 0 Å². The van der Waals surface area contributed by atoms with Crippen LogP contribution in [-0.4, -0.2) is 59.2 Å². The fraction of sp³-hybridized carbons (Fsp3) is 0.692. The van der Waals surface area contributed by atoms with E-state index in [9.17, 15) is 19.2 Å². The van der Waals surface area contributed by atoms with Gasteiger partial charge in [-0.1, -0.05) is 0 Å². The van der Waals surface area contributed by atoms with Crippen molar-refractivity contribution in [1.82, 2.24) is 10.6 Å². The Morgan fingerprint density at radius 2 is 1.62 bits per heavy atom. The summed E-state index contributed by atoms with van der Waals surface area (Å²) in [6.07, 6.45) is 0.806. The van der Waals surface area contributed by atoms with Gasteiger partial charge in [-0.2, -0.15) is 12.6 Å². The lowest BCUT2D eigenvalue weighted by Gasteiger charge is -2.21. The molecule has 0 fully saturated rings. The van der Waals surface area contributed by atoms with E-state index in [0.29, 0.717) is 19.4 Å². The van der Waals surface area contributed by atoms with Crippen molar-refractivity contribution >= 4 is 36.3 Å². The molecular weight excluding hydrogens is 338 g/mol. The van der Waals surface area contributed by atoms with Crippen molar-refractivity contribution in [2.75, 3.05) is 12.3 Å². The largest absolute Gasteiger partial charge is 0.480 e. The maximum Gasteiger partial charge on any atom is 0.326 e. The third kappa shape index (κ3) is 8.70. The van der Waals surface area contributed by atoms with Crippen LogP contribution in [0.25, 0.3) is 0 Å². The summed E-state index contributed by atoms with van der Waals surface area (Å²) in [4.78, 5) is 46.2. The molecule has 0 aliphatic carbocycles. The van der Waals surface area contributed by atoms with E-state index in [4.69, 9.17) is 22.3 Å². The standard InChI is InChI=1S/C13H25N5O5S/c14-4-2-1-3-8(13(22)23)17-12(21)9(5-10(16)19)18-11(20)7(15)6-24/h7-9,24H,1-6,14-15H2,(H2,16,19)(H,17,21)(H,18,20)(H,22,23)/t7-,8-,9-/m0/s1. The van der Waals surface area contributed by atoms with Crippen LogP contribution in [-0.2, 0) is 19.2 Å². The average molecular weight is 363 g/mol. The second-order valence-corrected chi connectivity index (χ2v) is 5.57. The Labute approximate surface area is 145 Å². The molecule has 10 nitrogen and oxygen atoms in total. The number of carbonyl (C=O) groups excluding carboxylic acids is 3. The number of carbonyl (C=O) groups is 4. The molecule has 0 heterocycles. The summed E-state index contributed by atoms with van der Waals surface area (Å²) in [5.74, 6) is -3.54. The van der Waals surface area contributed by atoms with E-state index in [2.05, 4.69) is 23.3 Å². The third-order valence-electron chi connectivity index (χ3n) is 3.13. The number of primary amides is 1. The zero-order valence-corrected chi connectivity index (χ0v) is 14.1. The van der Waals surface area contributed by atoms with E-state index in [0.717, 1.165) is 0 Å². The fourth-order valence-corrected chi connectivity index (χ4v) is 1.96. The van der Waals surface area contributed by atoms with Crippen LogP contribution in [0.4, 0.5) is 0 Å². The summed E-state index contributed by atoms with van der Waals surface area (Å²) in [5, 5.41) is 13.7. The highest BCUT2D eigenvalue weighted by Crippen LogP contribution is 2.03. The molecule has 0 aromatic rings. The number of aliphatic carboxylic acids is 1. The van der Waals surface area contributed by atoms with Crippen LogP contribution in [0, 0.1) is 0 Å². The van der Waals surface area contributed by atoms with Gasteiger partial charge in [-0.25, -0.2) is 4.79 Å². The Morgan fingerprint density at radius 3 is 2.08 bits per heavy atom. The Balaban J connectivity index is 4.91. The molecule has 0 rings (SSSR count). The van der Waals surface area contributed by atoms with Crippen LogP contribution in [0.1, 0.15) is 25.7 Å². The van der Waals surface area contributed by atoms with Crippen LogP contribution in [0.2, 0.25) is 0 Å². The van der Waals surface area contributed by atoms with Gasteiger partial charge in [0.2, 0.25) is 17.7 Å². The zero-order chi connectivity index (χ0) is 18.7. The van der Waals surface area contributed by atoms with Crippen molar-refractivity contribution < 1.29 is 24.3 Å². The predicted octanol–water partition coefficient (Wildman–Crippen LogP) is -2.70. The topological polar surface area (TPSA) is 191 Å². The SMILES string of the molecule is NCCCC[C@H](NC(=O)[C@H](CC(N)=O)NC(=O)[C@@H](N)CS)C(=O)O. The number of hydrogen-bond acceptors (Lipinski definition) is 7. The van der Waals surface area contributed by atoms with Crippen molar-refractivity contribution in [2.45, 2.75) is 43.8 Å². The first-order valence-electron chi connectivity index (χ1n) is 7.41. The lowest BCUT2D eigenvalue weighted by atomic mass is 10.1. The molecule has 9 N–H and O–H groups in total. The second kappa shape index (κ2) is 11.6. The highest BCUT2D eigenvalue weighted by Gasteiger charge is 2.28. The summed E-state index contributed by atoms with van der Waals surface area (Å²) >= 11 is 3.86. The molecule has 24 heavy (non-hydrogen) atoms. The van der Waals surface area contributed by atoms with E-state index >= 15 is 0 Å². The fourth-order valence-electron chi connectivity index (χ4n) is 1.79. The van der Waals surface area contributed by atoms with Gasteiger partial charge in [-0.3, -0.25) is 14.4 Å². The first-order valence-corrected chi connectivity index (χ1v) is 8.04. The monoisotopic (exact) mass is 363 g/mol. The Kier molecular flexibility index (Phi) is 10.8. The quantitative estimate of drug-likeness (QED) is 0.145. The minimum absolute atomic E-state index is 0.0353. The van der Waals surface area contributed by atoms with Crippen molar-refractivity contribution in [1.29, 1.82) is 0 Å². The molecule has 0 unspecified atom stereocenters. The van der Waals surface area contributed by atoms with Crippen LogP contribution < -0.4 is 27.8 Å². The van der Waals surface area contributed by atoms with Crippen LogP contribution in [0.3, 0.4) is 0 Å². The molecule has 0 aromatic carbocycles. The van der Waals surface area contributed by atoms with Gasteiger partial charge in [0.05, 0.1) is 12.5 Å². The molecule has 11 heteroatoms. The summed E-state index contributed by atoms with van der Waals surface area (Å²) in [7, 11) is 0. The maximum absolute atomic E-state index is 12.2. The molecule has 138 valence electrons. The first-order chi connectivity index (χ1) is 11.2. The lowest BCUT2D eigenvalue weighted by molar-refractivity contribution is -0.142. The molecule has 0 aliphatic heterocycles. The summed E-state index contributed by atoms with van der Waals surface area (Å²) in [5.41, 5.74) is 15.9. The number of rotatable bonds is 12. The molecule has 3 amide bonds. The highest BCUT2D eigenvalue weighted by atomic mass is 32.1. The summed E-state index contributed by atoms with van der Waals surface area (Å²) in [6.45, 7) is 0.405. The second-order valence-electron chi connectivity index (χ2n) is 5.20. The molecule has 0 bridgehead atoms. The van der Waals surface area contributed by atoms with Crippen LogP contribution in [0.15, 0.2) is 0 Å². The van der Waals surface area contributed by atoms with Crippen molar-refractivity contribution in [3.63, 3.8) is 0 Å². The van der Waals surface area contributed by atoms with Gasteiger partial charge < -0.3 is 32.9 Å². The molecule has 3 atom stereocenters. The number of nitrogens with two attached hydrogens (primary N) is 3. The maximum atomic E-state index is 12.2. The number of carboxylic acid groups (broad SMARTS) is 1. The number of thiol groups is 1. The molecule has 0 saturated heterocycles. The van der Waals surface area contributed by atoms with E-state index < -0.39 is 48.2 Å². The van der Waals surface area contributed by atoms with E-state index in [-0.39, 0.29) is 12.2 Å². The zero-order valence-electron chi connectivity index (χ0n) is 13.2. The predicted molar refractivity (Wildman–Crippen MR) is 90.0 cm³/mol. The van der Waals surface area contributed by atoms with E-state index in [1.54, 1.807) is 0 Å².